The van der Waals surface area contributed by atoms with Crippen LogP contribution < -0.4 is 0 Å². The number of hydrogen-bond donors (Lipinski definition) is 3. The highest BCUT2D eigenvalue weighted by molar-refractivity contribution is 5.77. The molecule has 0 aliphatic heterocycles. The van der Waals surface area contributed by atoms with Crippen LogP contribution in [0.5, 0.6) is 0 Å². The van der Waals surface area contributed by atoms with Crippen molar-refractivity contribution in [2.24, 2.45) is 0 Å². The van der Waals surface area contributed by atoms with Crippen molar-refractivity contribution in [1.82, 2.24) is 0 Å². The standard InChI is InChI=1S/C5H10O4/c1-3(6)5(2,9)4(7)8/h3,6,9H,1-2H3,(H,7,8)/t3-,5+/m0/s1. The highest BCUT2D eigenvalue weighted by Gasteiger charge is 2.35. The average Bonchev–Trinajstić information content (AvgIpc) is 1.65. The van der Waals surface area contributed by atoms with Crippen LogP contribution in [0.2, 0.25) is 0 Å². The van der Waals surface area contributed by atoms with E-state index in [1.807, 2.05) is 0 Å². The van der Waals surface area contributed by atoms with Crippen LogP contribution in [0.15, 0.2) is 0 Å². The number of carboxylic acids is 1. The first-order valence-corrected chi connectivity index (χ1v) is 2.53. The Morgan fingerprint density at radius 3 is 2.00 bits per heavy atom. The Labute approximate surface area is 52.7 Å². The SMILES string of the molecule is C[C@H](O)[C@@](C)(O)C(=O)O. The fourth-order valence-electron chi connectivity index (χ4n) is 0.179. The summed E-state index contributed by atoms with van der Waals surface area (Å²) in [4.78, 5) is 10.1. The first-order valence-electron chi connectivity index (χ1n) is 2.53. The van der Waals surface area contributed by atoms with E-state index in [-0.39, 0.29) is 0 Å². The van der Waals surface area contributed by atoms with Crippen molar-refractivity contribution in [3.63, 3.8) is 0 Å². The van der Waals surface area contributed by atoms with E-state index in [4.69, 9.17) is 15.3 Å². The second-order valence-corrected chi connectivity index (χ2v) is 2.13. The van der Waals surface area contributed by atoms with Gasteiger partial charge in [-0.3, -0.25) is 0 Å². The number of aliphatic hydroxyl groups excluding tert-OH is 1. The van der Waals surface area contributed by atoms with Gasteiger partial charge in [0.1, 0.15) is 0 Å². The molecule has 0 aromatic rings. The Balaban J connectivity index is 4.19. The fraction of sp³-hybridized carbons (Fsp3) is 0.800. The number of aliphatic carboxylic acids is 1. The Morgan fingerprint density at radius 2 is 2.00 bits per heavy atom. The molecular weight excluding hydrogens is 124 g/mol. The molecule has 0 heterocycles. The van der Waals surface area contributed by atoms with Crippen LogP contribution in [-0.2, 0) is 4.79 Å². The lowest BCUT2D eigenvalue weighted by molar-refractivity contribution is -0.167. The van der Waals surface area contributed by atoms with Crippen LogP contribution in [-0.4, -0.2) is 33.0 Å². The van der Waals surface area contributed by atoms with Crippen molar-refractivity contribution < 1.29 is 20.1 Å². The molecule has 0 aliphatic carbocycles. The summed E-state index contributed by atoms with van der Waals surface area (Å²) in [5.74, 6) is -1.42. The highest BCUT2D eigenvalue weighted by atomic mass is 16.4. The molecule has 0 bridgehead atoms. The van der Waals surface area contributed by atoms with Gasteiger partial charge in [-0.1, -0.05) is 0 Å². The molecule has 0 unspecified atom stereocenters. The molecule has 4 nitrogen and oxygen atoms in total. The Morgan fingerprint density at radius 1 is 1.67 bits per heavy atom. The molecule has 0 aromatic heterocycles. The van der Waals surface area contributed by atoms with Crippen molar-refractivity contribution in [1.29, 1.82) is 0 Å². The molecule has 0 radical (unpaired) electrons. The molecule has 0 spiro atoms. The summed E-state index contributed by atoms with van der Waals surface area (Å²) in [5.41, 5.74) is -2.03. The van der Waals surface area contributed by atoms with E-state index in [1.165, 1.54) is 6.92 Å². The van der Waals surface area contributed by atoms with Gasteiger partial charge in [0.2, 0.25) is 0 Å². The molecule has 0 rings (SSSR count). The minimum atomic E-state index is -2.03. The zero-order valence-electron chi connectivity index (χ0n) is 5.33. The molecule has 3 N–H and O–H groups in total. The van der Waals surface area contributed by atoms with Crippen molar-refractivity contribution in [3.8, 4) is 0 Å². The molecule has 0 aromatic carbocycles. The molecule has 54 valence electrons. The van der Waals surface area contributed by atoms with Crippen LogP contribution >= 0.6 is 0 Å². The minimum Gasteiger partial charge on any atom is -0.479 e. The number of carboxylic acid groups (broad SMARTS) is 1. The maximum Gasteiger partial charge on any atom is 0.338 e. The molecule has 4 heteroatoms. The van der Waals surface area contributed by atoms with Gasteiger partial charge >= 0.3 is 5.97 Å². The van der Waals surface area contributed by atoms with E-state index >= 15 is 0 Å². The van der Waals surface area contributed by atoms with Crippen molar-refractivity contribution in [2.75, 3.05) is 0 Å². The monoisotopic (exact) mass is 134 g/mol. The third kappa shape index (κ3) is 1.65. The van der Waals surface area contributed by atoms with E-state index < -0.39 is 17.7 Å². The number of hydrogen-bond acceptors (Lipinski definition) is 3. The Bertz CT molecular complexity index is 116. The second-order valence-electron chi connectivity index (χ2n) is 2.13. The van der Waals surface area contributed by atoms with Gasteiger partial charge in [0, 0.05) is 0 Å². The van der Waals surface area contributed by atoms with Crippen LogP contribution in [0.25, 0.3) is 0 Å². The van der Waals surface area contributed by atoms with Crippen molar-refractivity contribution >= 4 is 5.97 Å². The molecule has 0 aliphatic rings. The third-order valence-electron chi connectivity index (χ3n) is 1.25. The molecule has 0 saturated heterocycles. The lowest BCUT2D eigenvalue weighted by Crippen LogP contribution is -2.44. The predicted octanol–water partition coefficient (Wildman–Crippen LogP) is -0.797. The number of aliphatic hydroxyl groups is 2. The van der Waals surface area contributed by atoms with Gasteiger partial charge in [0.05, 0.1) is 6.10 Å². The quantitative estimate of drug-likeness (QED) is 0.462. The maximum atomic E-state index is 10.1. The lowest BCUT2D eigenvalue weighted by atomic mass is 10.0. The highest BCUT2D eigenvalue weighted by Crippen LogP contribution is 2.08. The lowest BCUT2D eigenvalue weighted by Gasteiger charge is -2.20. The normalized spacial score (nSPS) is 20.4. The summed E-state index contributed by atoms with van der Waals surface area (Å²) >= 11 is 0. The predicted molar refractivity (Wildman–Crippen MR) is 29.9 cm³/mol. The Hall–Kier alpha value is -0.610. The van der Waals surface area contributed by atoms with Gasteiger partial charge in [0.25, 0.3) is 0 Å². The molecular formula is C5H10O4. The fourth-order valence-corrected chi connectivity index (χ4v) is 0.179. The zero-order valence-corrected chi connectivity index (χ0v) is 5.33. The molecule has 2 atom stereocenters. The van der Waals surface area contributed by atoms with E-state index in [9.17, 15) is 4.79 Å². The van der Waals surface area contributed by atoms with Crippen LogP contribution in [0.1, 0.15) is 13.8 Å². The van der Waals surface area contributed by atoms with Gasteiger partial charge in [-0.25, -0.2) is 4.79 Å². The van der Waals surface area contributed by atoms with Crippen LogP contribution in [0.4, 0.5) is 0 Å². The summed E-state index contributed by atoms with van der Waals surface area (Å²) in [6.07, 6.45) is -1.25. The summed E-state index contributed by atoms with van der Waals surface area (Å²) in [5, 5.41) is 25.6. The molecule has 0 amide bonds. The summed E-state index contributed by atoms with van der Waals surface area (Å²) < 4.78 is 0. The van der Waals surface area contributed by atoms with Gasteiger partial charge < -0.3 is 15.3 Å². The zero-order chi connectivity index (χ0) is 7.65. The van der Waals surface area contributed by atoms with E-state index in [2.05, 4.69) is 0 Å². The third-order valence-corrected chi connectivity index (χ3v) is 1.25. The van der Waals surface area contributed by atoms with Gasteiger partial charge in [0.15, 0.2) is 5.60 Å². The van der Waals surface area contributed by atoms with Gasteiger partial charge in [-0.15, -0.1) is 0 Å². The number of carbonyl (C=O) groups is 1. The van der Waals surface area contributed by atoms with Gasteiger partial charge in [-0.2, -0.15) is 0 Å². The van der Waals surface area contributed by atoms with E-state index in [1.54, 1.807) is 0 Å². The van der Waals surface area contributed by atoms with Crippen LogP contribution in [0.3, 0.4) is 0 Å². The van der Waals surface area contributed by atoms with Crippen molar-refractivity contribution in [2.45, 2.75) is 25.6 Å². The first kappa shape index (κ1) is 8.39. The second kappa shape index (κ2) is 2.33. The maximum absolute atomic E-state index is 10.1. The molecule has 0 fully saturated rings. The van der Waals surface area contributed by atoms with E-state index in [0.717, 1.165) is 6.92 Å². The average molecular weight is 134 g/mol. The first-order chi connectivity index (χ1) is 3.89. The molecule has 9 heavy (non-hydrogen) atoms. The summed E-state index contributed by atoms with van der Waals surface area (Å²) in [6, 6.07) is 0. The molecule has 0 saturated carbocycles. The van der Waals surface area contributed by atoms with Crippen LogP contribution in [0, 0.1) is 0 Å². The minimum absolute atomic E-state index is 1.04. The van der Waals surface area contributed by atoms with Crippen molar-refractivity contribution in [3.05, 3.63) is 0 Å². The number of rotatable bonds is 2. The summed E-state index contributed by atoms with van der Waals surface area (Å²) in [7, 11) is 0. The Kier molecular flexibility index (Phi) is 2.17. The topological polar surface area (TPSA) is 77.8 Å². The smallest absolute Gasteiger partial charge is 0.338 e. The van der Waals surface area contributed by atoms with E-state index in [0.29, 0.717) is 0 Å². The summed E-state index contributed by atoms with van der Waals surface area (Å²) in [6.45, 7) is 2.26. The van der Waals surface area contributed by atoms with Gasteiger partial charge in [-0.05, 0) is 13.8 Å². The largest absolute Gasteiger partial charge is 0.479 e.